The second kappa shape index (κ2) is 5.42. The topological polar surface area (TPSA) is 3.24 Å². The number of anilines is 1. The van der Waals surface area contributed by atoms with Gasteiger partial charge in [0, 0.05) is 28.6 Å². The van der Waals surface area contributed by atoms with Crippen molar-refractivity contribution < 1.29 is 0 Å². The van der Waals surface area contributed by atoms with E-state index in [2.05, 4.69) is 33.0 Å². The van der Waals surface area contributed by atoms with Crippen molar-refractivity contribution in [3.05, 3.63) is 28.8 Å². The predicted octanol–water partition coefficient (Wildman–Crippen LogP) is 5.00. The summed E-state index contributed by atoms with van der Waals surface area (Å²) in [5, 5.41) is 1.77. The van der Waals surface area contributed by atoms with Gasteiger partial charge >= 0.3 is 0 Å². The molecular formula is C15H19BrClN. The summed E-state index contributed by atoms with van der Waals surface area (Å²) in [4.78, 5) is 2.62. The fourth-order valence-electron chi connectivity index (χ4n) is 3.62. The van der Waals surface area contributed by atoms with Crippen LogP contribution >= 0.6 is 27.5 Å². The van der Waals surface area contributed by atoms with E-state index in [4.69, 9.17) is 11.6 Å². The van der Waals surface area contributed by atoms with Crippen molar-refractivity contribution in [2.45, 2.75) is 43.5 Å². The highest BCUT2D eigenvalue weighted by molar-refractivity contribution is 9.08. The first-order valence-electron chi connectivity index (χ1n) is 6.90. The fourth-order valence-corrected chi connectivity index (χ4v) is 4.26. The third kappa shape index (κ3) is 2.30. The fraction of sp³-hybridized carbons (Fsp3) is 0.600. The van der Waals surface area contributed by atoms with Crippen LogP contribution in [0.1, 0.15) is 37.7 Å². The normalized spacial score (nSPS) is 27.3. The molecule has 1 aromatic rings. The van der Waals surface area contributed by atoms with Gasteiger partial charge in [0.25, 0.3) is 0 Å². The van der Waals surface area contributed by atoms with Gasteiger partial charge in [0.1, 0.15) is 0 Å². The number of hydrogen-bond donors (Lipinski definition) is 0. The summed E-state index contributed by atoms with van der Waals surface area (Å²) < 4.78 is 0. The van der Waals surface area contributed by atoms with Gasteiger partial charge in [0.05, 0.1) is 0 Å². The molecule has 2 atom stereocenters. The number of alkyl halides is 1. The number of rotatable bonds is 2. The quantitative estimate of drug-likeness (QED) is 0.690. The molecule has 0 aromatic heterocycles. The highest BCUT2D eigenvalue weighted by atomic mass is 79.9. The number of hydrogen-bond acceptors (Lipinski definition) is 1. The zero-order valence-electron chi connectivity index (χ0n) is 10.5. The molecule has 0 N–H and O–H groups in total. The lowest BCUT2D eigenvalue weighted by Crippen LogP contribution is -2.35. The summed E-state index contributed by atoms with van der Waals surface area (Å²) in [5.74, 6) is 0.918. The molecule has 1 aliphatic carbocycles. The average molecular weight is 329 g/mol. The molecule has 1 nitrogen and oxygen atoms in total. The highest BCUT2D eigenvalue weighted by Gasteiger charge is 2.36. The molecule has 2 aliphatic rings. The number of benzene rings is 1. The van der Waals surface area contributed by atoms with E-state index in [1.807, 2.05) is 6.07 Å². The van der Waals surface area contributed by atoms with E-state index in [0.717, 1.165) is 22.3 Å². The molecule has 1 aromatic carbocycles. The molecule has 3 heteroatoms. The average Bonchev–Trinajstić information content (AvgIpc) is 2.82. The number of nitrogens with zero attached hydrogens (tertiary/aromatic N) is 1. The maximum atomic E-state index is 6.19. The monoisotopic (exact) mass is 327 g/mol. The molecule has 2 unspecified atom stereocenters. The largest absolute Gasteiger partial charge is 0.368 e. The highest BCUT2D eigenvalue weighted by Crippen LogP contribution is 2.40. The molecule has 0 spiro atoms. The van der Waals surface area contributed by atoms with Crippen LogP contribution in [0.4, 0.5) is 5.69 Å². The van der Waals surface area contributed by atoms with Crippen LogP contribution in [0.2, 0.25) is 5.02 Å². The molecule has 1 heterocycles. The summed E-state index contributed by atoms with van der Waals surface area (Å²) in [5.41, 5.74) is 2.72. The van der Waals surface area contributed by atoms with Crippen molar-refractivity contribution in [3.8, 4) is 0 Å². The Bertz CT molecular complexity index is 435. The molecule has 1 saturated heterocycles. The third-order valence-corrected chi connectivity index (χ3v) is 5.35. The number of fused-ring (bicyclic) bond motifs is 1. The lowest BCUT2D eigenvalue weighted by Gasteiger charge is -2.34. The van der Waals surface area contributed by atoms with Crippen LogP contribution in [-0.4, -0.2) is 12.6 Å². The molecule has 2 fully saturated rings. The Balaban J connectivity index is 1.92. The first-order valence-corrected chi connectivity index (χ1v) is 8.40. The minimum atomic E-state index is 0.759. The van der Waals surface area contributed by atoms with Crippen molar-refractivity contribution in [1.29, 1.82) is 0 Å². The zero-order valence-corrected chi connectivity index (χ0v) is 12.9. The Labute approximate surface area is 123 Å². The van der Waals surface area contributed by atoms with Gasteiger partial charge in [-0.15, -0.1) is 0 Å². The van der Waals surface area contributed by atoms with Gasteiger partial charge in [-0.1, -0.05) is 46.4 Å². The molecule has 1 saturated carbocycles. The van der Waals surface area contributed by atoms with Crippen LogP contribution in [0.25, 0.3) is 0 Å². The molecule has 1 aliphatic heterocycles. The van der Waals surface area contributed by atoms with Crippen molar-refractivity contribution >= 4 is 33.2 Å². The molecule has 98 valence electrons. The summed E-state index contributed by atoms with van der Waals surface area (Å²) >= 11 is 9.78. The lowest BCUT2D eigenvalue weighted by molar-refractivity contribution is 0.342. The Morgan fingerprint density at radius 2 is 2.06 bits per heavy atom. The first kappa shape index (κ1) is 12.8. The van der Waals surface area contributed by atoms with Gasteiger partial charge in [-0.05, 0) is 42.9 Å². The van der Waals surface area contributed by atoms with E-state index in [1.54, 1.807) is 0 Å². The second-order valence-electron chi connectivity index (χ2n) is 5.50. The molecule has 0 radical (unpaired) electrons. The van der Waals surface area contributed by atoms with Crippen LogP contribution in [0, 0.1) is 5.92 Å². The molecule has 3 rings (SSSR count). The first-order chi connectivity index (χ1) is 8.79. The molecule has 18 heavy (non-hydrogen) atoms. The zero-order chi connectivity index (χ0) is 12.5. The van der Waals surface area contributed by atoms with Crippen LogP contribution in [0.5, 0.6) is 0 Å². The Morgan fingerprint density at radius 1 is 1.22 bits per heavy atom. The Kier molecular flexibility index (Phi) is 3.86. The van der Waals surface area contributed by atoms with Crippen molar-refractivity contribution in [3.63, 3.8) is 0 Å². The van der Waals surface area contributed by atoms with Crippen molar-refractivity contribution in [1.82, 2.24) is 0 Å². The Hall–Kier alpha value is -0.210. The maximum Gasteiger partial charge on any atom is 0.0426 e. The molecule has 0 amide bonds. The lowest BCUT2D eigenvalue weighted by atomic mass is 9.85. The second-order valence-corrected chi connectivity index (χ2v) is 6.50. The molecule has 0 bridgehead atoms. The van der Waals surface area contributed by atoms with Gasteiger partial charge in [-0.2, -0.15) is 0 Å². The predicted molar refractivity (Wildman–Crippen MR) is 81.8 cm³/mol. The van der Waals surface area contributed by atoms with Gasteiger partial charge < -0.3 is 4.90 Å². The van der Waals surface area contributed by atoms with E-state index in [9.17, 15) is 0 Å². The van der Waals surface area contributed by atoms with Crippen LogP contribution in [0.15, 0.2) is 18.2 Å². The van der Waals surface area contributed by atoms with E-state index in [1.165, 1.54) is 49.9 Å². The minimum absolute atomic E-state index is 0.759. The van der Waals surface area contributed by atoms with Gasteiger partial charge in [-0.3, -0.25) is 0 Å². The van der Waals surface area contributed by atoms with E-state index >= 15 is 0 Å². The van der Waals surface area contributed by atoms with E-state index in [-0.39, 0.29) is 0 Å². The summed E-state index contributed by atoms with van der Waals surface area (Å²) in [6.07, 6.45) is 6.96. The summed E-state index contributed by atoms with van der Waals surface area (Å²) in [6, 6.07) is 7.06. The van der Waals surface area contributed by atoms with E-state index in [0.29, 0.717) is 0 Å². The van der Waals surface area contributed by atoms with Crippen LogP contribution < -0.4 is 4.90 Å². The summed E-state index contributed by atoms with van der Waals surface area (Å²) in [6.45, 7) is 1.20. The Morgan fingerprint density at radius 3 is 2.89 bits per heavy atom. The smallest absolute Gasteiger partial charge is 0.0426 e. The van der Waals surface area contributed by atoms with Crippen LogP contribution in [-0.2, 0) is 5.33 Å². The van der Waals surface area contributed by atoms with E-state index < -0.39 is 0 Å². The minimum Gasteiger partial charge on any atom is -0.368 e. The standard InChI is InChI=1S/C15H19BrClN/c16-10-12-5-6-13(17)9-15(12)18-8-7-11-3-1-2-4-14(11)18/h5-6,9,11,14H,1-4,7-8,10H2. The molecular weight excluding hydrogens is 310 g/mol. The third-order valence-electron chi connectivity index (χ3n) is 4.51. The maximum absolute atomic E-state index is 6.19. The van der Waals surface area contributed by atoms with Crippen molar-refractivity contribution in [2.75, 3.05) is 11.4 Å². The van der Waals surface area contributed by atoms with Gasteiger partial charge in [-0.25, -0.2) is 0 Å². The van der Waals surface area contributed by atoms with Crippen molar-refractivity contribution in [2.24, 2.45) is 5.92 Å². The van der Waals surface area contributed by atoms with Gasteiger partial charge in [0.2, 0.25) is 0 Å². The SMILES string of the molecule is Clc1ccc(CBr)c(N2CCC3CCCCC32)c1. The van der Waals surface area contributed by atoms with Gasteiger partial charge in [0.15, 0.2) is 0 Å². The number of halogens is 2. The van der Waals surface area contributed by atoms with Crippen LogP contribution in [0.3, 0.4) is 0 Å². The summed E-state index contributed by atoms with van der Waals surface area (Å²) in [7, 11) is 0.